The average Bonchev–Trinajstić information content (AvgIpc) is 2.59. The molecule has 2 aromatic carbocycles. The molecule has 0 radical (unpaired) electrons. The van der Waals surface area contributed by atoms with Gasteiger partial charge in [-0.1, -0.05) is 36.4 Å². The van der Waals surface area contributed by atoms with Gasteiger partial charge >= 0.3 is 0 Å². The number of para-hydroxylation sites is 1. The van der Waals surface area contributed by atoms with Gasteiger partial charge in [-0.15, -0.1) is 0 Å². The number of benzene rings is 2. The summed E-state index contributed by atoms with van der Waals surface area (Å²) in [6.45, 7) is 0.186. The largest absolute Gasteiger partial charge is 0.313 e. The van der Waals surface area contributed by atoms with E-state index in [1.165, 1.54) is 0 Å². The molecule has 4 heteroatoms. The van der Waals surface area contributed by atoms with Gasteiger partial charge in [0.2, 0.25) is 5.91 Å². The highest BCUT2D eigenvalue weighted by atomic mass is 127. The van der Waals surface area contributed by atoms with Crippen LogP contribution in [-0.4, -0.2) is 25.2 Å². The fraction of sp³-hybridized carbons (Fsp3) is 0.125. The molecule has 3 rings (SSSR count). The maximum atomic E-state index is 12.1. The van der Waals surface area contributed by atoms with Crippen molar-refractivity contribution in [3.05, 3.63) is 63.2 Å². The predicted octanol–water partition coefficient (Wildman–Crippen LogP) is 3.11. The van der Waals surface area contributed by atoms with Gasteiger partial charge in [-0.25, -0.2) is 0 Å². The number of likely N-dealkylation sites (N-methyl/N-ethyl adjacent to an activating group) is 1. The van der Waals surface area contributed by atoms with Crippen LogP contribution < -0.4 is 4.90 Å². The topological polar surface area (TPSA) is 32.7 Å². The summed E-state index contributed by atoms with van der Waals surface area (Å²) in [5, 5.41) is 0. The van der Waals surface area contributed by atoms with Gasteiger partial charge in [0.25, 0.3) is 0 Å². The number of nitrogens with zero attached hydrogens (tertiary/aromatic N) is 2. The number of carbonyl (C=O) groups is 1. The van der Waals surface area contributed by atoms with Crippen molar-refractivity contribution in [3.63, 3.8) is 0 Å². The Balaban J connectivity index is 2.23. The lowest BCUT2D eigenvalue weighted by molar-refractivity contribution is -0.116. The zero-order valence-corrected chi connectivity index (χ0v) is 13.2. The van der Waals surface area contributed by atoms with Crippen LogP contribution in [0.25, 0.3) is 0 Å². The first kappa shape index (κ1) is 13.3. The molecule has 0 saturated carbocycles. The average molecular weight is 376 g/mol. The first-order valence-electron chi connectivity index (χ1n) is 6.34. The highest BCUT2D eigenvalue weighted by Crippen LogP contribution is 2.27. The number of aliphatic imine (C=N–C) groups is 1. The van der Waals surface area contributed by atoms with Gasteiger partial charge in [-0.05, 0) is 34.7 Å². The molecule has 0 aromatic heterocycles. The molecule has 0 atom stereocenters. The number of benzodiazepines with no additional fused rings is 1. The van der Waals surface area contributed by atoms with E-state index in [9.17, 15) is 4.79 Å². The number of carbonyl (C=O) groups excluding carboxylic acids is 1. The molecule has 100 valence electrons. The van der Waals surface area contributed by atoms with E-state index in [1.54, 1.807) is 11.9 Å². The third-order valence-electron chi connectivity index (χ3n) is 3.40. The van der Waals surface area contributed by atoms with Crippen LogP contribution in [0, 0.1) is 3.57 Å². The monoisotopic (exact) mass is 376 g/mol. The lowest BCUT2D eigenvalue weighted by Crippen LogP contribution is -2.27. The fourth-order valence-corrected chi connectivity index (χ4v) is 2.96. The van der Waals surface area contributed by atoms with Crippen molar-refractivity contribution < 1.29 is 4.79 Å². The SMILES string of the molecule is CN1C(=O)CN=C(c2ccccc2I)c2ccccc21. The summed E-state index contributed by atoms with van der Waals surface area (Å²) in [6, 6.07) is 16.0. The molecule has 1 aliphatic rings. The van der Waals surface area contributed by atoms with E-state index in [1.807, 2.05) is 42.5 Å². The van der Waals surface area contributed by atoms with E-state index < -0.39 is 0 Å². The molecule has 0 N–H and O–H groups in total. The second kappa shape index (κ2) is 5.36. The molecule has 0 spiro atoms. The molecule has 3 nitrogen and oxygen atoms in total. The predicted molar refractivity (Wildman–Crippen MR) is 89.5 cm³/mol. The minimum absolute atomic E-state index is 0.0124. The van der Waals surface area contributed by atoms with Crippen molar-refractivity contribution >= 4 is 39.9 Å². The van der Waals surface area contributed by atoms with Gasteiger partial charge in [0.15, 0.2) is 0 Å². The molecule has 1 amide bonds. The fourth-order valence-electron chi connectivity index (χ4n) is 2.32. The van der Waals surface area contributed by atoms with Gasteiger partial charge in [0.1, 0.15) is 6.54 Å². The van der Waals surface area contributed by atoms with Crippen molar-refractivity contribution in [2.45, 2.75) is 0 Å². The minimum Gasteiger partial charge on any atom is -0.313 e. The van der Waals surface area contributed by atoms with Crippen molar-refractivity contribution in [1.82, 2.24) is 0 Å². The number of amides is 1. The Kier molecular flexibility index (Phi) is 3.56. The van der Waals surface area contributed by atoms with E-state index >= 15 is 0 Å². The summed E-state index contributed by atoms with van der Waals surface area (Å²) in [4.78, 5) is 18.3. The minimum atomic E-state index is 0.0124. The third kappa shape index (κ3) is 2.24. The van der Waals surface area contributed by atoms with Crippen LogP contribution in [0.1, 0.15) is 11.1 Å². The first-order valence-corrected chi connectivity index (χ1v) is 7.41. The Labute approximate surface area is 131 Å². The molecule has 2 aromatic rings. The quantitative estimate of drug-likeness (QED) is 0.704. The Morgan fingerprint density at radius 2 is 1.70 bits per heavy atom. The number of anilines is 1. The maximum absolute atomic E-state index is 12.1. The summed E-state index contributed by atoms with van der Waals surface area (Å²) in [6.07, 6.45) is 0. The Bertz CT molecular complexity index is 709. The number of halogens is 1. The Morgan fingerprint density at radius 1 is 1.05 bits per heavy atom. The summed E-state index contributed by atoms with van der Waals surface area (Å²) >= 11 is 2.31. The lowest BCUT2D eigenvalue weighted by Gasteiger charge is -2.17. The van der Waals surface area contributed by atoms with Crippen LogP contribution in [-0.2, 0) is 4.79 Å². The van der Waals surface area contributed by atoms with Crippen LogP contribution in [0.5, 0.6) is 0 Å². The molecule has 0 saturated heterocycles. The maximum Gasteiger partial charge on any atom is 0.248 e. The van der Waals surface area contributed by atoms with Crippen LogP contribution in [0.4, 0.5) is 5.69 Å². The summed E-state index contributed by atoms with van der Waals surface area (Å²) in [5.74, 6) is 0.0124. The van der Waals surface area contributed by atoms with Crippen molar-refractivity contribution in [2.24, 2.45) is 4.99 Å². The molecular weight excluding hydrogens is 363 g/mol. The van der Waals surface area contributed by atoms with Crippen LogP contribution in [0.3, 0.4) is 0 Å². The Morgan fingerprint density at radius 3 is 2.45 bits per heavy atom. The second-order valence-electron chi connectivity index (χ2n) is 4.61. The lowest BCUT2D eigenvalue weighted by atomic mass is 10.0. The van der Waals surface area contributed by atoms with Crippen LogP contribution in [0.15, 0.2) is 53.5 Å². The van der Waals surface area contributed by atoms with E-state index in [2.05, 4.69) is 33.6 Å². The standard InChI is InChI=1S/C16H13IN2O/c1-19-14-9-5-3-7-12(14)16(18-10-15(19)20)11-6-2-4-8-13(11)17/h2-9H,10H2,1H3. The van der Waals surface area contributed by atoms with Crippen molar-refractivity contribution in [1.29, 1.82) is 0 Å². The highest BCUT2D eigenvalue weighted by Gasteiger charge is 2.22. The third-order valence-corrected chi connectivity index (χ3v) is 4.34. The first-order chi connectivity index (χ1) is 9.68. The second-order valence-corrected chi connectivity index (χ2v) is 5.78. The zero-order chi connectivity index (χ0) is 14.1. The molecule has 1 aliphatic heterocycles. The molecule has 20 heavy (non-hydrogen) atoms. The van der Waals surface area contributed by atoms with Gasteiger partial charge in [0, 0.05) is 21.7 Å². The van der Waals surface area contributed by atoms with E-state index in [0.717, 1.165) is 26.1 Å². The molecule has 0 aliphatic carbocycles. The number of rotatable bonds is 1. The summed E-state index contributed by atoms with van der Waals surface area (Å²) in [5.41, 5.74) is 3.88. The Hall–Kier alpha value is -1.69. The summed E-state index contributed by atoms with van der Waals surface area (Å²) < 4.78 is 1.13. The van der Waals surface area contributed by atoms with Gasteiger partial charge in [0.05, 0.1) is 11.4 Å². The molecular formula is C16H13IN2O. The molecule has 0 bridgehead atoms. The normalized spacial score (nSPS) is 14.6. The van der Waals surface area contributed by atoms with Crippen molar-refractivity contribution in [2.75, 3.05) is 18.5 Å². The number of hydrogen-bond donors (Lipinski definition) is 0. The number of hydrogen-bond acceptors (Lipinski definition) is 2. The summed E-state index contributed by atoms with van der Waals surface area (Å²) in [7, 11) is 1.80. The molecule has 1 heterocycles. The van der Waals surface area contributed by atoms with Crippen LogP contribution >= 0.6 is 22.6 Å². The van der Waals surface area contributed by atoms with E-state index in [-0.39, 0.29) is 12.5 Å². The van der Waals surface area contributed by atoms with Crippen LogP contribution in [0.2, 0.25) is 0 Å². The van der Waals surface area contributed by atoms with Gasteiger partial charge in [-0.3, -0.25) is 9.79 Å². The smallest absolute Gasteiger partial charge is 0.248 e. The van der Waals surface area contributed by atoms with Crippen molar-refractivity contribution in [3.8, 4) is 0 Å². The van der Waals surface area contributed by atoms with Gasteiger partial charge < -0.3 is 4.90 Å². The number of fused-ring (bicyclic) bond motifs is 1. The van der Waals surface area contributed by atoms with E-state index in [4.69, 9.17) is 0 Å². The van der Waals surface area contributed by atoms with Gasteiger partial charge in [-0.2, -0.15) is 0 Å². The molecule has 0 fully saturated rings. The van der Waals surface area contributed by atoms with E-state index in [0.29, 0.717) is 0 Å². The highest BCUT2D eigenvalue weighted by molar-refractivity contribution is 14.1. The molecule has 0 unspecified atom stereocenters. The zero-order valence-electron chi connectivity index (χ0n) is 11.0.